The van der Waals surface area contributed by atoms with Gasteiger partial charge in [0.05, 0.1) is 10.6 Å². The fourth-order valence-electron chi connectivity index (χ4n) is 0.745. The largest absolute Gasteiger partial charge is 0.384 e. The van der Waals surface area contributed by atoms with Gasteiger partial charge in [-0.15, -0.1) is 0 Å². The Kier molecular flexibility index (Phi) is 3.09. The average molecular weight is 185 g/mol. The van der Waals surface area contributed by atoms with Crippen LogP contribution in [0.4, 0.5) is 4.39 Å². The molecule has 0 saturated heterocycles. The number of aliphatic hydroxyl groups excluding tert-OH is 1. The molecule has 1 nitrogen and oxygen atoms in total. The molecule has 0 radical (unpaired) electrons. The van der Waals surface area contributed by atoms with Gasteiger partial charge in [0.2, 0.25) is 0 Å². The summed E-state index contributed by atoms with van der Waals surface area (Å²) >= 11 is 5.64. The zero-order valence-corrected chi connectivity index (χ0v) is 6.90. The molecule has 0 aromatic heterocycles. The minimum atomic E-state index is -0.469. The predicted molar refractivity (Wildman–Crippen MR) is 45.4 cm³/mol. The lowest BCUT2D eigenvalue weighted by molar-refractivity contribution is 0.350. The summed E-state index contributed by atoms with van der Waals surface area (Å²) in [5.74, 6) is 4.28. The Hall–Kier alpha value is -1.04. The third-order valence-electron chi connectivity index (χ3n) is 1.26. The van der Waals surface area contributed by atoms with E-state index in [0.717, 1.165) is 0 Å². The molecule has 62 valence electrons. The van der Waals surface area contributed by atoms with E-state index in [-0.39, 0.29) is 17.2 Å². The van der Waals surface area contributed by atoms with Crippen molar-refractivity contribution in [1.29, 1.82) is 0 Å². The van der Waals surface area contributed by atoms with Crippen molar-refractivity contribution in [1.82, 2.24) is 0 Å². The summed E-state index contributed by atoms with van der Waals surface area (Å²) in [4.78, 5) is 0. The third-order valence-corrected chi connectivity index (χ3v) is 1.57. The van der Waals surface area contributed by atoms with Crippen LogP contribution in [-0.2, 0) is 0 Å². The van der Waals surface area contributed by atoms with Crippen LogP contribution in [0, 0.1) is 17.7 Å². The van der Waals surface area contributed by atoms with Crippen molar-refractivity contribution in [2.24, 2.45) is 0 Å². The minimum absolute atomic E-state index is 0.133. The van der Waals surface area contributed by atoms with E-state index in [9.17, 15) is 4.39 Å². The topological polar surface area (TPSA) is 20.2 Å². The number of halogens is 2. The normalized spacial score (nSPS) is 8.92. The molecule has 0 bridgehead atoms. The van der Waals surface area contributed by atoms with Crippen molar-refractivity contribution in [2.45, 2.75) is 0 Å². The quantitative estimate of drug-likeness (QED) is 0.610. The molecule has 1 N–H and O–H groups in total. The van der Waals surface area contributed by atoms with Gasteiger partial charge >= 0.3 is 0 Å². The van der Waals surface area contributed by atoms with E-state index in [1.54, 1.807) is 6.07 Å². The van der Waals surface area contributed by atoms with Gasteiger partial charge in [0.25, 0.3) is 0 Å². The van der Waals surface area contributed by atoms with Crippen LogP contribution in [-0.4, -0.2) is 11.7 Å². The Balaban J connectivity index is 3.13. The summed E-state index contributed by atoms with van der Waals surface area (Å²) < 4.78 is 12.9. The van der Waals surface area contributed by atoms with Gasteiger partial charge in [-0.3, -0.25) is 0 Å². The Morgan fingerprint density at radius 3 is 2.83 bits per heavy atom. The summed E-state index contributed by atoms with van der Waals surface area (Å²) in [5, 5.41) is 8.63. The first kappa shape index (κ1) is 9.05. The molecular weight excluding hydrogens is 179 g/mol. The summed E-state index contributed by atoms with van der Waals surface area (Å²) in [6, 6.07) is 4.32. The summed E-state index contributed by atoms with van der Waals surface area (Å²) in [6.45, 7) is -0.301. The lowest BCUT2D eigenvalue weighted by Crippen LogP contribution is -1.84. The van der Waals surface area contributed by atoms with Gasteiger partial charge < -0.3 is 5.11 Å². The van der Waals surface area contributed by atoms with E-state index < -0.39 is 5.82 Å². The standard InChI is InChI=1S/C9H6ClFO/c10-8-4-1-5-9(11)7(8)3-2-6-12/h1,4-5,12H,6H2. The van der Waals surface area contributed by atoms with Crippen LogP contribution >= 0.6 is 11.6 Å². The van der Waals surface area contributed by atoms with Crippen LogP contribution < -0.4 is 0 Å². The van der Waals surface area contributed by atoms with Gasteiger partial charge in [-0.25, -0.2) is 4.39 Å². The molecule has 3 heteroatoms. The van der Waals surface area contributed by atoms with E-state index in [1.807, 2.05) is 0 Å². The first-order valence-corrected chi connectivity index (χ1v) is 3.67. The second-order valence-electron chi connectivity index (χ2n) is 2.06. The lowest BCUT2D eigenvalue weighted by atomic mass is 10.2. The molecule has 0 fully saturated rings. The summed E-state index contributed by atoms with van der Waals surface area (Å²) in [7, 11) is 0. The second-order valence-corrected chi connectivity index (χ2v) is 2.46. The molecule has 0 saturated carbocycles. The molecule has 0 unspecified atom stereocenters. The SMILES string of the molecule is OCC#Cc1c(F)cccc1Cl. The lowest BCUT2D eigenvalue weighted by Gasteiger charge is -1.95. The fraction of sp³-hybridized carbons (Fsp3) is 0.111. The number of hydrogen-bond donors (Lipinski definition) is 1. The highest BCUT2D eigenvalue weighted by Crippen LogP contribution is 2.17. The monoisotopic (exact) mass is 184 g/mol. The van der Waals surface area contributed by atoms with Crippen molar-refractivity contribution in [3.63, 3.8) is 0 Å². The molecule has 0 heterocycles. The van der Waals surface area contributed by atoms with E-state index in [4.69, 9.17) is 16.7 Å². The number of aliphatic hydroxyl groups is 1. The highest BCUT2D eigenvalue weighted by atomic mass is 35.5. The van der Waals surface area contributed by atoms with Crippen LogP contribution in [0.15, 0.2) is 18.2 Å². The molecule has 0 amide bonds. The molecule has 0 spiro atoms. The fourth-order valence-corrected chi connectivity index (χ4v) is 0.955. The van der Waals surface area contributed by atoms with Crippen molar-refractivity contribution < 1.29 is 9.50 Å². The first-order chi connectivity index (χ1) is 5.75. The van der Waals surface area contributed by atoms with E-state index in [0.29, 0.717) is 0 Å². The van der Waals surface area contributed by atoms with Crippen molar-refractivity contribution in [3.05, 3.63) is 34.6 Å². The van der Waals surface area contributed by atoms with Gasteiger partial charge in [-0.1, -0.05) is 29.5 Å². The molecule has 12 heavy (non-hydrogen) atoms. The summed E-state index contributed by atoms with van der Waals surface area (Å²) in [5.41, 5.74) is 0.133. The van der Waals surface area contributed by atoms with Crippen molar-refractivity contribution in [2.75, 3.05) is 6.61 Å². The number of rotatable bonds is 0. The molecule has 1 rings (SSSR count). The maximum Gasteiger partial charge on any atom is 0.140 e. The smallest absolute Gasteiger partial charge is 0.140 e. The molecule has 0 aliphatic carbocycles. The van der Waals surface area contributed by atoms with Gasteiger partial charge in [0.15, 0.2) is 0 Å². The van der Waals surface area contributed by atoms with Gasteiger partial charge in [-0.2, -0.15) is 0 Å². The van der Waals surface area contributed by atoms with Crippen LogP contribution in [0.1, 0.15) is 5.56 Å². The van der Waals surface area contributed by atoms with Gasteiger partial charge in [0.1, 0.15) is 12.4 Å². The van der Waals surface area contributed by atoms with Crippen LogP contribution in [0.2, 0.25) is 5.02 Å². The third kappa shape index (κ3) is 1.97. The molecule has 0 atom stereocenters. The Morgan fingerprint density at radius 1 is 1.50 bits per heavy atom. The maximum atomic E-state index is 12.9. The zero-order valence-electron chi connectivity index (χ0n) is 6.14. The maximum absolute atomic E-state index is 12.9. The van der Waals surface area contributed by atoms with E-state index in [2.05, 4.69) is 11.8 Å². The molecule has 1 aromatic carbocycles. The average Bonchev–Trinajstić information content (AvgIpc) is 2.04. The second kappa shape index (κ2) is 4.10. The predicted octanol–water partition coefficient (Wildman–Crippen LogP) is 1.82. The number of hydrogen-bond acceptors (Lipinski definition) is 1. The molecular formula is C9H6ClFO. The Morgan fingerprint density at radius 2 is 2.25 bits per heavy atom. The molecule has 0 aliphatic rings. The van der Waals surface area contributed by atoms with E-state index >= 15 is 0 Å². The van der Waals surface area contributed by atoms with Crippen LogP contribution in [0.5, 0.6) is 0 Å². The van der Waals surface area contributed by atoms with Crippen LogP contribution in [0.3, 0.4) is 0 Å². The molecule has 0 aliphatic heterocycles. The van der Waals surface area contributed by atoms with Crippen LogP contribution in [0.25, 0.3) is 0 Å². The minimum Gasteiger partial charge on any atom is -0.384 e. The number of benzene rings is 1. The molecule has 1 aromatic rings. The van der Waals surface area contributed by atoms with Crippen molar-refractivity contribution >= 4 is 11.6 Å². The highest BCUT2D eigenvalue weighted by molar-refractivity contribution is 6.31. The Labute approximate surface area is 74.8 Å². The van der Waals surface area contributed by atoms with E-state index in [1.165, 1.54) is 12.1 Å². The first-order valence-electron chi connectivity index (χ1n) is 3.29. The Bertz CT molecular complexity index is 318. The van der Waals surface area contributed by atoms with Gasteiger partial charge in [0, 0.05) is 0 Å². The van der Waals surface area contributed by atoms with Crippen molar-refractivity contribution in [3.8, 4) is 11.8 Å². The zero-order chi connectivity index (χ0) is 8.97. The van der Waals surface area contributed by atoms with Gasteiger partial charge in [-0.05, 0) is 12.1 Å². The highest BCUT2D eigenvalue weighted by Gasteiger charge is 2.01. The summed E-state index contributed by atoms with van der Waals surface area (Å²) in [6.07, 6.45) is 0.